The molecule has 0 unspecified atom stereocenters. The number of piperazine rings is 1. The number of nitro groups is 1. The summed E-state index contributed by atoms with van der Waals surface area (Å²) in [5.74, 6) is 0.603. The number of hydrogen-bond acceptors (Lipinski definition) is 6. The van der Waals surface area contributed by atoms with Gasteiger partial charge in [0.1, 0.15) is 12.4 Å². The zero-order valence-electron chi connectivity index (χ0n) is 13.7. The predicted octanol–water partition coefficient (Wildman–Crippen LogP) is 1.26. The Morgan fingerprint density at radius 2 is 1.92 bits per heavy atom. The van der Waals surface area contributed by atoms with E-state index in [2.05, 4.69) is 25.8 Å². The van der Waals surface area contributed by atoms with E-state index in [1.807, 2.05) is 12.1 Å². The fourth-order valence-corrected chi connectivity index (χ4v) is 2.97. The first-order chi connectivity index (χ1) is 12.4. The summed E-state index contributed by atoms with van der Waals surface area (Å²) in [4.78, 5) is 42.6. The van der Waals surface area contributed by atoms with E-state index in [1.165, 1.54) is 0 Å². The third-order valence-electron chi connectivity index (χ3n) is 4.15. The lowest BCUT2D eigenvalue weighted by molar-refractivity contribution is -0.385. The monoisotopic (exact) mass is 421 g/mol. The van der Waals surface area contributed by atoms with Crippen LogP contribution in [0.15, 0.2) is 45.9 Å². The summed E-state index contributed by atoms with van der Waals surface area (Å²) in [6.45, 7) is 2.05. The van der Waals surface area contributed by atoms with Gasteiger partial charge >= 0.3 is 0 Å². The lowest BCUT2D eigenvalue weighted by Crippen LogP contribution is -2.50. The van der Waals surface area contributed by atoms with Crippen molar-refractivity contribution in [3.63, 3.8) is 0 Å². The van der Waals surface area contributed by atoms with Crippen molar-refractivity contribution in [1.29, 1.82) is 0 Å². The van der Waals surface area contributed by atoms with Gasteiger partial charge < -0.3 is 9.80 Å². The van der Waals surface area contributed by atoms with E-state index in [9.17, 15) is 19.7 Å². The second-order valence-electron chi connectivity index (χ2n) is 5.81. The lowest BCUT2D eigenvalue weighted by Gasteiger charge is -2.35. The molecule has 0 radical (unpaired) electrons. The Labute approximate surface area is 157 Å². The van der Waals surface area contributed by atoms with Crippen molar-refractivity contribution in [3.05, 3.63) is 61.6 Å². The normalized spacial score (nSPS) is 14.3. The number of rotatable bonds is 4. The Bertz CT molecular complexity index is 875. The second kappa shape index (κ2) is 7.65. The highest BCUT2D eigenvalue weighted by atomic mass is 79.9. The first-order valence-electron chi connectivity index (χ1n) is 7.93. The highest BCUT2D eigenvalue weighted by molar-refractivity contribution is 9.10. The van der Waals surface area contributed by atoms with E-state index >= 15 is 0 Å². The second-order valence-corrected chi connectivity index (χ2v) is 6.73. The maximum atomic E-state index is 12.4. The standard InChI is InChI=1S/C16H16BrN5O4/c17-12-1-3-14(18-9-12)19-5-7-20(8-6-19)16(24)11-21-10-13(22(25)26)2-4-15(21)23/h1-4,9-10H,5-8,11H2. The topological polar surface area (TPSA) is 102 Å². The van der Waals surface area contributed by atoms with Gasteiger partial charge in [-0.1, -0.05) is 0 Å². The molecular weight excluding hydrogens is 406 g/mol. The summed E-state index contributed by atoms with van der Waals surface area (Å²) in [5, 5.41) is 10.8. The first-order valence-corrected chi connectivity index (χ1v) is 8.72. The molecule has 0 saturated carbocycles. The van der Waals surface area contributed by atoms with E-state index in [0.29, 0.717) is 26.2 Å². The van der Waals surface area contributed by atoms with Gasteiger partial charge in [-0.3, -0.25) is 24.3 Å². The number of amides is 1. The Kier molecular flexibility index (Phi) is 5.31. The molecule has 2 aromatic heterocycles. The van der Waals surface area contributed by atoms with Crippen LogP contribution >= 0.6 is 15.9 Å². The van der Waals surface area contributed by atoms with Crippen molar-refractivity contribution in [3.8, 4) is 0 Å². The van der Waals surface area contributed by atoms with Gasteiger partial charge in [-0.05, 0) is 28.1 Å². The number of aromatic nitrogens is 2. The molecule has 0 atom stereocenters. The van der Waals surface area contributed by atoms with Crippen LogP contribution < -0.4 is 10.5 Å². The lowest BCUT2D eigenvalue weighted by atomic mass is 10.3. The maximum absolute atomic E-state index is 12.4. The molecule has 1 amide bonds. The third kappa shape index (κ3) is 4.07. The van der Waals surface area contributed by atoms with Crippen molar-refractivity contribution >= 4 is 33.3 Å². The first kappa shape index (κ1) is 18.1. The predicted molar refractivity (Wildman–Crippen MR) is 98.1 cm³/mol. The molecule has 1 aliphatic rings. The molecule has 1 aliphatic heterocycles. The third-order valence-corrected chi connectivity index (χ3v) is 4.62. The van der Waals surface area contributed by atoms with Crippen molar-refractivity contribution in [1.82, 2.24) is 14.5 Å². The summed E-state index contributed by atoms with van der Waals surface area (Å²) in [6.07, 6.45) is 2.82. The van der Waals surface area contributed by atoms with Gasteiger partial charge in [0, 0.05) is 49.0 Å². The summed E-state index contributed by atoms with van der Waals surface area (Å²) in [5.41, 5.74) is -0.662. The largest absolute Gasteiger partial charge is 0.353 e. The minimum absolute atomic E-state index is 0.211. The zero-order valence-corrected chi connectivity index (χ0v) is 15.3. The Morgan fingerprint density at radius 1 is 1.19 bits per heavy atom. The van der Waals surface area contributed by atoms with Gasteiger partial charge in [-0.25, -0.2) is 4.98 Å². The van der Waals surface area contributed by atoms with E-state index in [-0.39, 0.29) is 18.1 Å². The fourth-order valence-electron chi connectivity index (χ4n) is 2.74. The van der Waals surface area contributed by atoms with Crippen molar-refractivity contribution in [2.75, 3.05) is 31.1 Å². The van der Waals surface area contributed by atoms with Gasteiger partial charge in [0.05, 0.1) is 11.1 Å². The number of hydrogen-bond donors (Lipinski definition) is 0. The summed E-state index contributed by atoms with van der Waals surface area (Å²) in [7, 11) is 0. The van der Waals surface area contributed by atoms with Gasteiger partial charge in [0.15, 0.2) is 0 Å². The van der Waals surface area contributed by atoms with Crippen LogP contribution in [-0.4, -0.2) is 51.5 Å². The molecule has 10 heteroatoms. The summed E-state index contributed by atoms with van der Waals surface area (Å²) in [6, 6.07) is 6.05. The van der Waals surface area contributed by atoms with Crippen LogP contribution in [0.25, 0.3) is 0 Å². The molecule has 0 N–H and O–H groups in total. The van der Waals surface area contributed by atoms with Gasteiger partial charge in [-0.2, -0.15) is 0 Å². The molecule has 136 valence electrons. The molecule has 26 heavy (non-hydrogen) atoms. The summed E-state index contributed by atoms with van der Waals surface area (Å²) < 4.78 is 1.97. The molecule has 9 nitrogen and oxygen atoms in total. The molecule has 3 heterocycles. The Balaban J connectivity index is 1.62. The van der Waals surface area contributed by atoms with Gasteiger partial charge in [-0.15, -0.1) is 0 Å². The molecule has 0 bridgehead atoms. The quantitative estimate of drug-likeness (QED) is 0.543. The smallest absolute Gasteiger partial charge is 0.285 e. The van der Waals surface area contributed by atoms with Crippen LogP contribution in [-0.2, 0) is 11.3 Å². The van der Waals surface area contributed by atoms with E-state index in [4.69, 9.17) is 0 Å². The van der Waals surface area contributed by atoms with Crippen molar-refractivity contribution in [2.24, 2.45) is 0 Å². The van der Waals surface area contributed by atoms with E-state index in [0.717, 1.165) is 33.2 Å². The van der Waals surface area contributed by atoms with Crippen LogP contribution in [0.2, 0.25) is 0 Å². The van der Waals surface area contributed by atoms with E-state index in [1.54, 1.807) is 11.1 Å². The van der Waals surface area contributed by atoms with Gasteiger partial charge in [0.25, 0.3) is 11.2 Å². The highest BCUT2D eigenvalue weighted by Gasteiger charge is 2.22. The number of carbonyl (C=O) groups is 1. The van der Waals surface area contributed by atoms with Crippen LogP contribution in [0.4, 0.5) is 11.5 Å². The number of carbonyl (C=O) groups excluding carboxylic acids is 1. The molecule has 0 aromatic carbocycles. The Hall–Kier alpha value is -2.75. The average molecular weight is 422 g/mol. The molecule has 1 saturated heterocycles. The average Bonchev–Trinajstić information content (AvgIpc) is 2.64. The molecule has 3 rings (SSSR count). The number of nitrogens with zero attached hydrogens (tertiary/aromatic N) is 5. The number of anilines is 1. The van der Waals surface area contributed by atoms with Crippen LogP contribution in [0.5, 0.6) is 0 Å². The minimum Gasteiger partial charge on any atom is -0.353 e. The van der Waals surface area contributed by atoms with E-state index < -0.39 is 10.5 Å². The number of pyridine rings is 2. The number of halogens is 1. The Morgan fingerprint density at radius 3 is 2.54 bits per heavy atom. The maximum Gasteiger partial charge on any atom is 0.285 e. The fraction of sp³-hybridized carbons (Fsp3) is 0.312. The minimum atomic E-state index is -0.593. The molecule has 0 aliphatic carbocycles. The van der Waals surface area contributed by atoms with Crippen LogP contribution in [0.1, 0.15) is 0 Å². The molecule has 0 spiro atoms. The van der Waals surface area contributed by atoms with Crippen molar-refractivity contribution in [2.45, 2.75) is 6.54 Å². The van der Waals surface area contributed by atoms with Gasteiger partial charge in [0.2, 0.25) is 5.91 Å². The zero-order chi connectivity index (χ0) is 18.7. The summed E-state index contributed by atoms with van der Waals surface area (Å²) >= 11 is 3.35. The van der Waals surface area contributed by atoms with Crippen molar-refractivity contribution < 1.29 is 9.72 Å². The SMILES string of the molecule is O=C(Cn1cc([N+](=O)[O-])ccc1=O)N1CCN(c2ccc(Br)cn2)CC1. The van der Waals surface area contributed by atoms with Crippen LogP contribution in [0, 0.1) is 10.1 Å². The molecule has 2 aromatic rings. The van der Waals surface area contributed by atoms with Crippen LogP contribution in [0.3, 0.4) is 0 Å². The molecule has 1 fully saturated rings. The molecular formula is C16H16BrN5O4. The highest BCUT2D eigenvalue weighted by Crippen LogP contribution is 2.16.